The van der Waals surface area contributed by atoms with Crippen molar-refractivity contribution in [1.29, 1.82) is 0 Å². The lowest BCUT2D eigenvalue weighted by Crippen LogP contribution is -2.29. The standard InChI is InChI=1S/C24H29N3O2S/c1-3-4-14-27(2)15-8-13-25-23(28)19-11-12-21-20(17-19)26-24(29)22(30-21)16-18-9-6-5-7-10-18/h5-7,9-12,16-17H,3-4,8,13-15H2,1-2H3,(H,25,28)(H,26,29). The molecule has 5 nitrogen and oxygen atoms in total. The number of nitrogens with zero attached hydrogens (tertiary/aromatic N) is 1. The largest absolute Gasteiger partial charge is 0.352 e. The van der Waals surface area contributed by atoms with Crippen LogP contribution in [-0.4, -0.2) is 43.4 Å². The fraction of sp³-hybridized carbons (Fsp3) is 0.333. The van der Waals surface area contributed by atoms with Gasteiger partial charge in [0.15, 0.2) is 0 Å². The van der Waals surface area contributed by atoms with Crippen LogP contribution < -0.4 is 10.6 Å². The van der Waals surface area contributed by atoms with E-state index in [1.54, 1.807) is 6.07 Å². The molecule has 0 saturated carbocycles. The summed E-state index contributed by atoms with van der Waals surface area (Å²) >= 11 is 1.42. The van der Waals surface area contributed by atoms with Gasteiger partial charge in [0.25, 0.3) is 11.8 Å². The van der Waals surface area contributed by atoms with Crippen molar-refractivity contribution in [1.82, 2.24) is 10.2 Å². The monoisotopic (exact) mass is 423 g/mol. The summed E-state index contributed by atoms with van der Waals surface area (Å²) in [6, 6.07) is 15.2. The summed E-state index contributed by atoms with van der Waals surface area (Å²) in [6.45, 7) is 4.88. The molecule has 1 aliphatic rings. The molecule has 30 heavy (non-hydrogen) atoms. The molecule has 0 atom stereocenters. The number of carbonyl (C=O) groups excluding carboxylic acids is 2. The number of anilines is 1. The van der Waals surface area contributed by atoms with Gasteiger partial charge in [-0.15, -0.1) is 0 Å². The highest BCUT2D eigenvalue weighted by Gasteiger charge is 2.22. The first-order valence-electron chi connectivity index (χ1n) is 10.4. The molecule has 0 radical (unpaired) electrons. The van der Waals surface area contributed by atoms with Crippen molar-refractivity contribution >= 4 is 35.3 Å². The number of rotatable bonds is 9. The third kappa shape index (κ3) is 6.21. The van der Waals surface area contributed by atoms with Crippen LogP contribution in [0.4, 0.5) is 5.69 Å². The number of hydrogen-bond acceptors (Lipinski definition) is 4. The molecule has 2 amide bonds. The minimum atomic E-state index is -0.149. The molecule has 2 aromatic carbocycles. The maximum Gasteiger partial charge on any atom is 0.262 e. The van der Waals surface area contributed by atoms with Gasteiger partial charge in [-0.1, -0.05) is 55.4 Å². The molecular formula is C24H29N3O2S. The second-order valence-electron chi connectivity index (χ2n) is 7.45. The van der Waals surface area contributed by atoms with Crippen LogP contribution >= 0.6 is 11.8 Å². The highest BCUT2D eigenvalue weighted by atomic mass is 32.2. The number of nitrogens with one attached hydrogen (secondary N) is 2. The topological polar surface area (TPSA) is 61.4 Å². The summed E-state index contributed by atoms with van der Waals surface area (Å²) in [5, 5.41) is 5.89. The highest BCUT2D eigenvalue weighted by Crippen LogP contribution is 2.39. The van der Waals surface area contributed by atoms with Crippen LogP contribution in [0.15, 0.2) is 58.3 Å². The van der Waals surface area contributed by atoms with Crippen LogP contribution in [0.1, 0.15) is 42.1 Å². The minimum absolute atomic E-state index is 0.112. The van der Waals surface area contributed by atoms with E-state index < -0.39 is 0 Å². The van der Waals surface area contributed by atoms with Gasteiger partial charge in [0.05, 0.1) is 10.6 Å². The average molecular weight is 424 g/mol. The average Bonchev–Trinajstić information content (AvgIpc) is 2.76. The lowest BCUT2D eigenvalue weighted by Gasteiger charge is -2.19. The highest BCUT2D eigenvalue weighted by molar-refractivity contribution is 8.04. The first-order chi connectivity index (χ1) is 14.6. The van der Waals surface area contributed by atoms with Crippen molar-refractivity contribution in [2.75, 3.05) is 32.0 Å². The fourth-order valence-corrected chi connectivity index (χ4v) is 4.13. The predicted molar refractivity (Wildman–Crippen MR) is 125 cm³/mol. The Morgan fingerprint density at radius 3 is 2.67 bits per heavy atom. The number of unbranched alkanes of at least 4 members (excludes halogenated alkanes) is 1. The molecule has 0 spiro atoms. The maximum atomic E-state index is 12.5. The smallest absolute Gasteiger partial charge is 0.262 e. The van der Waals surface area contributed by atoms with Gasteiger partial charge in [0.2, 0.25) is 0 Å². The summed E-state index contributed by atoms with van der Waals surface area (Å²) in [6.07, 6.45) is 5.18. The van der Waals surface area contributed by atoms with Crippen LogP contribution in [0.5, 0.6) is 0 Å². The van der Waals surface area contributed by atoms with Gasteiger partial charge in [0.1, 0.15) is 0 Å². The van der Waals surface area contributed by atoms with Crippen molar-refractivity contribution in [2.45, 2.75) is 31.1 Å². The minimum Gasteiger partial charge on any atom is -0.352 e. The third-order valence-electron chi connectivity index (χ3n) is 4.93. The van der Waals surface area contributed by atoms with Crippen molar-refractivity contribution < 1.29 is 9.59 Å². The van der Waals surface area contributed by atoms with E-state index in [2.05, 4.69) is 29.5 Å². The number of hydrogen-bond donors (Lipinski definition) is 2. The van der Waals surface area contributed by atoms with Crippen LogP contribution in [-0.2, 0) is 4.79 Å². The first kappa shape index (κ1) is 22.1. The lowest BCUT2D eigenvalue weighted by molar-refractivity contribution is -0.112. The molecule has 3 rings (SSSR count). The van der Waals surface area contributed by atoms with E-state index in [0.29, 0.717) is 22.7 Å². The summed E-state index contributed by atoms with van der Waals surface area (Å²) in [4.78, 5) is 28.8. The number of amides is 2. The zero-order chi connectivity index (χ0) is 21.3. The number of thioether (sulfide) groups is 1. The quantitative estimate of drug-likeness (QED) is 0.456. The normalized spacial score (nSPS) is 14.5. The molecule has 1 aliphatic heterocycles. The van der Waals surface area contributed by atoms with Gasteiger partial charge >= 0.3 is 0 Å². The molecule has 0 bridgehead atoms. The number of fused-ring (bicyclic) bond motifs is 1. The molecule has 0 fully saturated rings. The Kier molecular flexibility index (Phi) is 8.11. The van der Waals surface area contributed by atoms with Crippen molar-refractivity contribution in [3.8, 4) is 0 Å². The Balaban J connectivity index is 1.56. The van der Waals surface area contributed by atoms with E-state index in [1.807, 2.05) is 48.5 Å². The zero-order valence-corrected chi connectivity index (χ0v) is 18.4. The van der Waals surface area contributed by atoms with Gasteiger partial charge in [-0.3, -0.25) is 9.59 Å². The molecule has 0 saturated heterocycles. The van der Waals surface area contributed by atoms with Crippen LogP contribution in [0.25, 0.3) is 6.08 Å². The Hall–Kier alpha value is -2.57. The molecule has 0 aliphatic carbocycles. The summed E-state index contributed by atoms with van der Waals surface area (Å²) in [5.74, 6) is -0.261. The van der Waals surface area contributed by atoms with Gasteiger partial charge in [-0.05, 0) is 62.8 Å². The molecule has 6 heteroatoms. The van der Waals surface area contributed by atoms with E-state index in [-0.39, 0.29) is 11.8 Å². The molecule has 1 heterocycles. The van der Waals surface area contributed by atoms with Gasteiger partial charge in [0, 0.05) is 17.0 Å². The van der Waals surface area contributed by atoms with Crippen LogP contribution in [0.2, 0.25) is 0 Å². The zero-order valence-electron chi connectivity index (χ0n) is 17.6. The van der Waals surface area contributed by atoms with E-state index in [0.717, 1.165) is 30.0 Å². The SMILES string of the molecule is CCCCN(C)CCCNC(=O)c1ccc2c(c1)NC(=O)C(=Cc1ccccc1)S2. The first-order valence-corrected chi connectivity index (χ1v) is 11.2. The van der Waals surface area contributed by atoms with E-state index in [1.165, 1.54) is 24.6 Å². The van der Waals surface area contributed by atoms with Crippen molar-refractivity contribution in [2.24, 2.45) is 0 Å². The summed E-state index contributed by atoms with van der Waals surface area (Å²) in [7, 11) is 2.11. The van der Waals surface area contributed by atoms with E-state index in [9.17, 15) is 9.59 Å². The van der Waals surface area contributed by atoms with Crippen LogP contribution in [0.3, 0.4) is 0 Å². The van der Waals surface area contributed by atoms with E-state index >= 15 is 0 Å². The molecular weight excluding hydrogens is 394 g/mol. The predicted octanol–water partition coefficient (Wildman–Crippen LogP) is 4.62. The van der Waals surface area contributed by atoms with Gasteiger partial charge in [-0.2, -0.15) is 0 Å². The Morgan fingerprint density at radius 1 is 1.13 bits per heavy atom. The van der Waals surface area contributed by atoms with Crippen molar-refractivity contribution in [3.05, 3.63) is 64.6 Å². The Bertz CT molecular complexity index is 912. The van der Waals surface area contributed by atoms with E-state index in [4.69, 9.17) is 0 Å². The molecule has 2 N–H and O–H groups in total. The molecule has 2 aromatic rings. The summed E-state index contributed by atoms with van der Waals surface area (Å²) < 4.78 is 0. The summed E-state index contributed by atoms with van der Waals surface area (Å²) in [5.41, 5.74) is 2.22. The second-order valence-corrected chi connectivity index (χ2v) is 8.54. The number of benzene rings is 2. The third-order valence-corrected chi connectivity index (χ3v) is 6.03. The van der Waals surface area contributed by atoms with Crippen LogP contribution in [0, 0.1) is 0 Å². The van der Waals surface area contributed by atoms with Gasteiger partial charge < -0.3 is 15.5 Å². The fourth-order valence-electron chi connectivity index (χ4n) is 3.20. The molecule has 0 aromatic heterocycles. The maximum absolute atomic E-state index is 12.5. The van der Waals surface area contributed by atoms with Gasteiger partial charge in [-0.25, -0.2) is 0 Å². The number of carbonyl (C=O) groups is 2. The Morgan fingerprint density at radius 2 is 1.90 bits per heavy atom. The molecule has 0 unspecified atom stereocenters. The second kappa shape index (κ2) is 11.0. The lowest BCUT2D eigenvalue weighted by atomic mass is 10.1. The molecule has 158 valence electrons. The Labute approximate surface area is 182 Å². The van der Waals surface area contributed by atoms with Crippen molar-refractivity contribution in [3.63, 3.8) is 0 Å².